The molecule has 6 heteroatoms. The predicted octanol–water partition coefficient (Wildman–Crippen LogP) is 5.27. The molecule has 2 atom stereocenters. The first kappa shape index (κ1) is 22.6. The fourth-order valence-corrected chi connectivity index (χ4v) is 5.28. The number of benzene rings is 2. The molecule has 6 nitrogen and oxygen atoms in total. The molecule has 4 aromatic rings. The summed E-state index contributed by atoms with van der Waals surface area (Å²) >= 11 is 0. The lowest BCUT2D eigenvalue weighted by Crippen LogP contribution is -2.42. The SMILES string of the molecule is COCc1ccc2nc(N(Cc3cn(C(C)=O)c4ccccc34)C3CCCC(N)C3)ccc2c1. The molecule has 1 aliphatic rings. The number of hydrogen-bond acceptors (Lipinski definition) is 5. The number of anilines is 1. The summed E-state index contributed by atoms with van der Waals surface area (Å²) in [5.41, 5.74) is 10.6. The van der Waals surface area contributed by atoms with E-state index < -0.39 is 0 Å². The van der Waals surface area contributed by atoms with Crippen LogP contribution in [0.5, 0.6) is 0 Å². The number of aromatic nitrogens is 2. The number of nitrogens with zero attached hydrogens (tertiary/aromatic N) is 3. The quantitative estimate of drug-likeness (QED) is 0.428. The van der Waals surface area contributed by atoms with Crippen LogP contribution in [0.25, 0.3) is 21.8 Å². The Hall–Kier alpha value is -3.22. The minimum atomic E-state index is 0.0179. The van der Waals surface area contributed by atoms with Gasteiger partial charge in [0.2, 0.25) is 5.91 Å². The van der Waals surface area contributed by atoms with Gasteiger partial charge >= 0.3 is 0 Å². The Morgan fingerprint density at radius 1 is 1.18 bits per heavy atom. The maximum atomic E-state index is 12.3. The molecule has 2 unspecified atom stereocenters. The normalized spacial score (nSPS) is 18.4. The summed E-state index contributed by atoms with van der Waals surface area (Å²) in [6.45, 7) is 2.87. The number of fused-ring (bicyclic) bond motifs is 2. The van der Waals surface area contributed by atoms with E-state index >= 15 is 0 Å². The molecule has 0 radical (unpaired) electrons. The van der Waals surface area contributed by atoms with Gasteiger partial charge in [-0.2, -0.15) is 0 Å². The summed E-state index contributed by atoms with van der Waals surface area (Å²) in [7, 11) is 1.71. The molecule has 2 aromatic carbocycles. The summed E-state index contributed by atoms with van der Waals surface area (Å²) in [4.78, 5) is 19.8. The largest absolute Gasteiger partial charge is 0.380 e. The zero-order chi connectivity index (χ0) is 23.7. The Bertz CT molecular complexity index is 1330. The Balaban J connectivity index is 1.56. The van der Waals surface area contributed by atoms with Crippen LogP contribution < -0.4 is 10.6 Å². The van der Waals surface area contributed by atoms with Crippen molar-refractivity contribution in [1.82, 2.24) is 9.55 Å². The standard InChI is InChI=1S/C28H32N4O2/c1-19(33)31-16-22(25-8-3-4-9-27(25)31)17-32(24-7-5-6-23(29)15-24)28-13-11-21-14-20(18-34-2)10-12-26(21)30-28/h3-4,8-14,16,23-24H,5-7,15,17-18,29H2,1-2H3. The van der Waals surface area contributed by atoms with Crippen LogP contribution in [0.15, 0.2) is 60.8 Å². The lowest BCUT2D eigenvalue weighted by atomic mass is 9.90. The van der Waals surface area contributed by atoms with Gasteiger partial charge in [-0.05, 0) is 67.1 Å². The highest BCUT2D eigenvalue weighted by Gasteiger charge is 2.27. The van der Waals surface area contributed by atoms with Crippen molar-refractivity contribution >= 4 is 33.5 Å². The minimum absolute atomic E-state index is 0.0179. The van der Waals surface area contributed by atoms with E-state index in [1.807, 2.05) is 24.4 Å². The van der Waals surface area contributed by atoms with Crippen molar-refractivity contribution in [1.29, 1.82) is 0 Å². The number of carbonyl (C=O) groups is 1. The fourth-order valence-electron chi connectivity index (χ4n) is 5.28. The van der Waals surface area contributed by atoms with Crippen LogP contribution in [0.4, 0.5) is 5.82 Å². The van der Waals surface area contributed by atoms with Crippen molar-refractivity contribution in [2.75, 3.05) is 12.0 Å². The molecule has 2 aromatic heterocycles. The molecule has 1 fully saturated rings. The van der Waals surface area contributed by atoms with Crippen molar-refractivity contribution in [2.24, 2.45) is 5.73 Å². The molecular formula is C28H32N4O2. The van der Waals surface area contributed by atoms with Gasteiger partial charge in [-0.3, -0.25) is 9.36 Å². The number of rotatable bonds is 6. The Morgan fingerprint density at radius 2 is 2.03 bits per heavy atom. The molecule has 1 aliphatic carbocycles. The molecule has 2 N–H and O–H groups in total. The number of para-hydroxylation sites is 1. The fraction of sp³-hybridized carbons (Fsp3) is 0.357. The second-order valence-corrected chi connectivity index (χ2v) is 9.40. The van der Waals surface area contributed by atoms with Crippen LogP contribution in [0.3, 0.4) is 0 Å². The average molecular weight is 457 g/mol. The van der Waals surface area contributed by atoms with Crippen molar-refractivity contribution in [2.45, 2.75) is 57.8 Å². The van der Waals surface area contributed by atoms with E-state index in [4.69, 9.17) is 15.5 Å². The summed E-state index contributed by atoms with van der Waals surface area (Å²) in [5, 5.41) is 2.21. The summed E-state index contributed by atoms with van der Waals surface area (Å²) in [6.07, 6.45) is 6.21. The number of carbonyl (C=O) groups excluding carboxylic acids is 1. The zero-order valence-corrected chi connectivity index (χ0v) is 19.9. The predicted molar refractivity (Wildman–Crippen MR) is 137 cm³/mol. The summed E-state index contributed by atoms with van der Waals surface area (Å²) in [5.74, 6) is 0.968. The molecule has 0 aliphatic heterocycles. The third kappa shape index (κ3) is 4.43. The molecule has 2 heterocycles. The highest BCUT2D eigenvalue weighted by atomic mass is 16.5. The topological polar surface area (TPSA) is 73.4 Å². The van der Waals surface area contributed by atoms with Gasteiger partial charge in [-0.25, -0.2) is 4.98 Å². The molecule has 176 valence electrons. The number of methoxy groups -OCH3 is 1. The molecular weight excluding hydrogens is 424 g/mol. The number of pyridine rings is 1. The van der Waals surface area contributed by atoms with Crippen LogP contribution in [0, 0.1) is 0 Å². The lowest BCUT2D eigenvalue weighted by Gasteiger charge is -2.37. The van der Waals surface area contributed by atoms with Gasteiger partial charge in [0.15, 0.2) is 0 Å². The van der Waals surface area contributed by atoms with Gasteiger partial charge in [-0.1, -0.05) is 24.3 Å². The van der Waals surface area contributed by atoms with Crippen LogP contribution in [-0.2, 0) is 17.9 Å². The average Bonchev–Trinajstić information content (AvgIpc) is 3.21. The summed E-state index contributed by atoms with van der Waals surface area (Å²) in [6, 6.07) is 19.2. The third-order valence-corrected chi connectivity index (χ3v) is 6.95. The minimum Gasteiger partial charge on any atom is -0.380 e. The number of hydrogen-bond donors (Lipinski definition) is 1. The van der Waals surface area contributed by atoms with E-state index in [9.17, 15) is 4.79 Å². The van der Waals surface area contributed by atoms with Crippen molar-refractivity contribution < 1.29 is 9.53 Å². The van der Waals surface area contributed by atoms with Gasteiger partial charge in [0.05, 0.1) is 17.6 Å². The van der Waals surface area contributed by atoms with Crippen LogP contribution >= 0.6 is 0 Å². The Kier molecular flexibility index (Phi) is 6.35. The monoisotopic (exact) mass is 456 g/mol. The molecule has 0 amide bonds. The van der Waals surface area contributed by atoms with Gasteiger partial charge in [0.1, 0.15) is 5.82 Å². The first-order chi connectivity index (χ1) is 16.5. The highest BCUT2D eigenvalue weighted by molar-refractivity contribution is 5.93. The van der Waals surface area contributed by atoms with E-state index in [1.165, 1.54) is 0 Å². The second-order valence-electron chi connectivity index (χ2n) is 9.40. The molecule has 0 bridgehead atoms. The number of nitrogens with two attached hydrogens (primary N) is 1. The Morgan fingerprint density at radius 3 is 2.82 bits per heavy atom. The van der Waals surface area contributed by atoms with Crippen molar-refractivity contribution in [3.8, 4) is 0 Å². The van der Waals surface area contributed by atoms with Crippen LogP contribution in [0.2, 0.25) is 0 Å². The van der Waals surface area contributed by atoms with E-state index in [2.05, 4.69) is 41.3 Å². The first-order valence-electron chi connectivity index (χ1n) is 12.0. The molecule has 0 saturated heterocycles. The number of ether oxygens (including phenoxy) is 1. The third-order valence-electron chi connectivity index (χ3n) is 6.95. The summed E-state index contributed by atoms with van der Waals surface area (Å²) < 4.78 is 7.03. The zero-order valence-electron chi connectivity index (χ0n) is 19.9. The molecule has 5 rings (SSSR count). The van der Waals surface area contributed by atoms with E-state index in [0.717, 1.165) is 64.4 Å². The lowest BCUT2D eigenvalue weighted by molar-refractivity contribution is 0.0941. The molecule has 34 heavy (non-hydrogen) atoms. The van der Waals surface area contributed by atoms with Crippen LogP contribution in [-0.4, -0.2) is 34.7 Å². The van der Waals surface area contributed by atoms with Crippen molar-refractivity contribution in [3.63, 3.8) is 0 Å². The van der Waals surface area contributed by atoms with E-state index in [1.54, 1.807) is 18.6 Å². The Labute approximate surface area is 200 Å². The maximum Gasteiger partial charge on any atom is 0.227 e. The molecule has 1 saturated carbocycles. The van der Waals surface area contributed by atoms with E-state index in [0.29, 0.717) is 19.2 Å². The van der Waals surface area contributed by atoms with Gasteiger partial charge in [0.25, 0.3) is 0 Å². The van der Waals surface area contributed by atoms with Gasteiger partial charge in [-0.15, -0.1) is 0 Å². The molecule has 0 spiro atoms. The second kappa shape index (κ2) is 9.57. The van der Waals surface area contributed by atoms with E-state index in [-0.39, 0.29) is 11.9 Å². The van der Waals surface area contributed by atoms with Gasteiger partial charge < -0.3 is 15.4 Å². The first-order valence-corrected chi connectivity index (χ1v) is 12.0. The maximum absolute atomic E-state index is 12.3. The highest BCUT2D eigenvalue weighted by Crippen LogP contribution is 2.31. The van der Waals surface area contributed by atoms with Crippen LogP contribution in [0.1, 0.15) is 48.5 Å². The van der Waals surface area contributed by atoms with Gasteiger partial charge in [0, 0.05) is 49.6 Å². The smallest absolute Gasteiger partial charge is 0.227 e. The van der Waals surface area contributed by atoms with Crippen molar-refractivity contribution in [3.05, 3.63) is 71.9 Å².